The smallest absolute Gasteiger partial charge is 0.353 e. The molecule has 0 saturated carbocycles. The van der Waals surface area contributed by atoms with Gasteiger partial charge in [-0.1, -0.05) is 6.92 Å². The van der Waals surface area contributed by atoms with E-state index in [4.69, 9.17) is 10.2 Å². The second-order valence-electron chi connectivity index (χ2n) is 8.84. The number of amides is 3. The maximum absolute atomic E-state index is 12.8. The second-order valence-corrected chi connectivity index (χ2v) is 10.2. The molecule has 0 radical (unpaired) electrons. The van der Waals surface area contributed by atoms with Gasteiger partial charge in [0.2, 0.25) is 11.8 Å². The number of alkyl halides is 2. The van der Waals surface area contributed by atoms with Crippen LogP contribution in [0, 0.1) is 11.8 Å². The van der Waals surface area contributed by atoms with E-state index in [1.165, 1.54) is 28.5 Å². The molecule has 0 aliphatic carbocycles. The Morgan fingerprint density at radius 1 is 1.26 bits per heavy atom. The fraction of sp³-hybridized carbons (Fsp3) is 0.714. The van der Waals surface area contributed by atoms with E-state index in [0.717, 1.165) is 0 Å². The molecule has 11 nitrogen and oxygen atoms in total. The predicted octanol–water partition coefficient (Wildman–Crippen LogP) is -1.19. The molecule has 0 aromatic rings. The second kappa shape index (κ2) is 11.2. The van der Waals surface area contributed by atoms with Crippen LogP contribution in [0.1, 0.15) is 20.3 Å². The Hall–Kier alpha value is -2.29. The Labute approximate surface area is 204 Å². The van der Waals surface area contributed by atoms with E-state index >= 15 is 0 Å². The lowest BCUT2D eigenvalue weighted by Gasteiger charge is -2.47. The van der Waals surface area contributed by atoms with Crippen molar-refractivity contribution in [2.45, 2.75) is 50.1 Å². The summed E-state index contributed by atoms with van der Waals surface area (Å²) in [6.07, 6.45) is -2.84. The van der Waals surface area contributed by atoms with E-state index < -0.39 is 54.2 Å². The number of hydrogen-bond acceptors (Lipinski definition) is 8. The highest BCUT2D eigenvalue weighted by Gasteiger charge is 2.60. The lowest BCUT2D eigenvalue weighted by molar-refractivity contribution is -0.159. The largest absolute Gasteiger partial charge is 0.477 e. The number of aliphatic hydroxyl groups is 2. The van der Waals surface area contributed by atoms with Crippen molar-refractivity contribution in [2.24, 2.45) is 11.8 Å². The first-order valence-corrected chi connectivity index (χ1v) is 12.2. The van der Waals surface area contributed by atoms with Gasteiger partial charge in [-0.15, -0.1) is 11.8 Å². The molecular formula is C21H30F2N4O7S. The van der Waals surface area contributed by atoms with Crippen molar-refractivity contribution in [3.63, 3.8) is 0 Å². The lowest BCUT2D eigenvalue weighted by atomic mass is 9.78. The van der Waals surface area contributed by atoms with E-state index in [-0.39, 0.29) is 43.2 Å². The summed E-state index contributed by atoms with van der Waals surface area (Å²) in [5.74, 6) is -4.83. The molecule has 1 unspecified atom stereocenters. The van der Waals surface area contributed by atoms with Crippen LogP contribution in [0.3, 0.4) is 0 Å². The lowest BCUT2D eigenvalue weighted by Crippen LogP contribution is -2.66. The Morgan fingerprint density at radius 3 is 2.43 bits per heavy atom. The van der Waals surface area contributed by atoms with Gasteiger partial charge in [0.1, 0.15) is 5.70 Å². The van der Waals surface area contributed by atoms with E-state index in [9.17, 15) is 33.1 Å². The van der Waals surface area contributed by atoms with Gasteiger partial charge in [0.05, 0.1) is 31.2 Å². The van der Waals surface area contributed by atoms with Gasteiger partial charge in [0.15, 0.2) is 0 Å². The number of carboxylic acid groups (broad SMARTS) is 1. The van der Waals surface area contributed by atoms with Crippen molar-refractivity contribution in [2.75, 3.05) is 32.8 Å². The Morgan fingerprint density at radius 2 is 1.89 bits per heavy atom. The number of fused-ring (bicyclic) bond motifs is 1. The number of nitrogens with zero attached hydrogens (tertiary/aromatic N) is 2. The predicted molar refractivity (Wildman–Crippen MR) is 120 cm³/mol. The number of aliphatic hydroxyl groups excluding tert-OH is 2. The molecule has 14 heteroatoms. The molecular weight excluding hydrogens is 490 g/mol. The zero-order valence-electron chi connectivity index (χ0n) is 19.3. The number of aliphatic carboxylic acids is 1. The molecule has 3 heterocycles. The normalized spacial score (nSPS) is 28.7. The Balaban J connectivity index is 1.71. The van der Waals surface area contributed by atoms with Gasteiger partial charge in [-0.3, -0.25) is 14.4 Å². The summed E-state index contributed by atoms with van der Waals surface area (Å²) in [5, 5.41) is 33.2. The van der Waals surface area contributed by atoms with E-state index in [2.05, 4.69) is 10.6 Å². The quantitative estimate of drug-likeness (QED) is 0.211. The fourth-order valence-corrected chi connectivity index (χ4v) is 6.51. The third-order valence-electron chi connectivity index (χ3n) is 6.63. The van der Waals surface area contributed by atoms with Gasteiger partial charge in [-0.2, -0.15) is 8.78 Å². The van der Waals surface area contributed by atoms with Crippen LogP contribution in [0.4, 0.5) is 8.78 Å². The SMILES string of the molecule is C[C@H]1C(S[C@@H]2CN[C@H](C(=O)N(CCO)CCO)C2)=C(C(=O)O)N2C(=O)[C@H]([C@@H](C)NC(=O)C(F)F)C12. The van der Waals surface area contributed by atoms with Crippen molar-refractivity contribution in [3.8, 4) is 0 Å². The number of β-lactam (4-membered cyclic amide) rings is 1. The minimum atomic E-state index is -3.22. The molecule has 3 aliphatic rings. The maximum atomic E-state index is 12.8. The summed E-state index contributed by atoms with van der Waals surface area (Å²) in [5.41, 5.74) is -0.155. The minimum absolute atomic E-state index is 0.0845. The zero-order valence-corrected chi connectivity index (χ0v) is 20.1. The van der Waals surface area contributed by atoms with Crippen molar-refractivity contribution in [1.82, 2.24) is 20.4 Å². The number of rotatable bonds is 11. The molecule has 2 fully saturated rings. The molecule has 0 aromatic carbocycles. The molecule has 3 rings (SSSR count). The minimum Gasteiger partial charge on any atom is -0.477 e. The molecule has 2 saturated heterocycles. The summed E-state index contributed by atoms with van der Waals surface area (Å²) in [6, 6.07) is -2.04. The summed E-state index contributed by atoms with van der Waals surface area (Å²) < 4.78 is 25.3. The first kappa shape index (κ1) is 27.3. The molecule has 0 bridgehead atoms. The Kier molecular flexibility index (Phi) is 8.72. The van der Waals surface area contributed by atoms with Gasteiger partial charge in [0.25, 0.3) is 5.91 Å². The highest BCUT2D eigenvalue weighted by Crippen LogP contribution is 2.51. The Bertz CT molecular complexity index is 899. The number of carboxylic acids is 1. The van der Waals surface area contributed by atoms with E-state index in [0.29, 0.717) is 17.9 Å². The number of nitrogens with one attached hydrogen (secondary N) is 2. The third-order valence-corrected chi connectivity index (χ3v) is 8.14. The molecule has 3 amide bonds. The monoisotopic (exact) mass is 520 g/mol. The summed E-state index contributed by atoms with van der Waals surface area (Å²) in [7, 11) is 0. The molecule has 196 valence electrons. The van der Waals surface area contributed by atoms with Crippen molar-refractivity contribution >= 4 is 35.5 Å². The zero-order chi connectivity index (χ0) is 26.0. The standard InChI is InChI=1S/C21H30F2N4O7S/c1-9-14-13(10(2)25-18(30)17(22)23)20(32)27(14)15(21(33)34)16(9)35-11-7-12(24-8-11)19(31)26(3-5-28)4-6-29/h9-14,17,24,28-29H,3-8H2,1-2H3,(H,25,30)(H,33,34)/t9-,10-,11+,12+,13-,14?/m1/s1. The van der Waals surface area contributed by atoms with Gasteiger partial charge in [0, 0.05) is 41.7 Å². The van der Waals surface area contributed by atoms with E-state index in [1.54, 1.807) is 6.92 Å². The first-order valence-electron chi connectivity index (χ1n) is 11.3. The average molecular weight is 521 g/mol. The highest BCUT2D eigenvalue weighted by atomic mass is 32.2. The summed E-state index contributed by atoms with van der Waals surface area (Å²) in [6.45, 7) is 3.28. The van der Waals surface area contributed by atoms with Crippen LogP contribution in [0.2, 0.25) is 0 Å². The van der Waals surface area contributed by atoms with Gasteiger partial charge < -0.3 is 35.8 Å². The topological polar surface area (TPSA) is 160 Å². The molecule has 3 aliphatic heterocycles. The number of hydrogen-bond donors (Lipinski definition) is 5. The number of thioether (sulfide) groups is 1. The van der Waals surface area contributed by atoms with Crippen molar-refractivity contribution in [1.29, 1.82) is 0 Å². The van der Waals surface area contributed by atoms with Gasteiger partial charge in [-0.25, -0.2) is 4.79 Å². The fourth-order valence-electron chi connectivity index (χ4n) is 5.03. The highest BCUT2D eigenvalue weighted by molar-refractivity contribution is 8.03. The van der Waals surface area contributed by atoms with Crippen LogP contribution < -0.4 is 10.6 Å². The number of halogens is 2. The van der Waals surface area contributed by atoms with Crippen LogP contribution in [0.5, 0.6) is 0 Å². The number of carbonyl (C=O) groups is 4. The molecule has 0 spiro atoms. The van der Waals surface area contributed by atoms with Crippen LogP contribution in [-0.4, -0.2) is 111 Å². The molecule has 6 atom stereocenters. The third kappa shape index (κ3) is 5.29. The molecule has 0 aromatic heterocycles. The van der Waals surface area contributed by atoms with Crippen molar-refractivity contribution in [3.05, 3.63) is 10.6 Å². The van der Waals surface area contributed by atoms with Crippen LogP contribution in [0.15, 0.2) is 10.6 Å². The maximum Gasteiger partial charge on any atom is 0.353 e. The number of carbonyl (C=O) groups excluding carboxylic acids is 3. The van der Waals surface area contributed by atoms with Crippen molar-refractivity contribution < 1.29 is 43.3 Å². The first-order chi connectivity index (χ1) is 16.5. The summed E-state index contributed by atoms with van der Waals surface area (Å²) in [4.78, 5) is 52.0. The molecule has 35 heavy (non-hydrogen) atoms. The van der Waals surface area contributed by atoms with Gasteiger partial charge >= 0.3 is 12.4 Å². The molecule has 5 N–H and O–H groups in total. The van der Waals surface area contributed by atoms with E-state index in [1.807, 2.05) is 0 Å². The average Bonchev–Trinajstić information content (AvgIpc) is 3.35. The summed E-state index contributed by atoms with van der Waals surface area (Å²) >= 11 is 1.27. The van der Waals surface area contributed by atoms with Crippen LogP contribution >= 0.6 is 11.8 Å². The van der Waals surface area contributed by atoms with Crippen LogP contribution in [-0.2, 0) is 19.2 Å². The van der Waals surface area contributed by atoms with Gasteiger partial charge in [-0.05, 0) is 13.3 Å². The van der Waals surface area contributed by atoms with Crippen LogP contribution in [0.25, 0.3) is 0 Å².